The van der Waals surface area contributed by atoms with Crippen molar-refractivity contribution in [3.05, 3.63) is 101 Å². The summed E-state index contributed by atoms with van der Waals surface area (Å²) in [5.74, 6) is 2.78. The minimum atomic E-state index is -0.270. The van der Waals surface area contributed by atoms with E-state index in [-0.39, 0.29) is 31.2 Å². The van der Waals surface area contributed by atoms with Crippen molar-refractivity contribution in [3.8, 4) is 18.1 Å². The summed E-state index contributed by atoms with van der Waals surface area (Å²) in [6, 6.07) is 23.3. The van der Waals surface area contributed by atoms with Gasteiger partial charge < -0.3 is 28.8 Å². The Kier molecular flexibility index (Phi) is 9.92. The van der Waals surface area contributed by atoms with Crippen LogP contribution in [0.25, 0.3) is 0 Å². The van der Waals surface area contributed by atoms with Crippen LogP contribution >= 0.6 is 0 Å². The molecule has 0 spiro atoms. The molecule has 0 aromatic heterocycles. The highest BCUT2D eigenvalue weighted by molar-refractivity contribution is 5.48. The molecule has 2 bridgehead atoms. The number of rotatable bonds is 2. The van der Waals surface area contributed by atoms with Gasteiger partial charge in [0.2, 0.25) is 0 Å². The van der Waals surface area contributed by atoms with E-state index < -0.39 is 0 Å². The van der Waals surface area contributed by atoms with Crippen LogP contribution in [0.4, 0.5) is 0 Å². The second-order valence-corrected chi connectivity index (χ2v) is 8.47. The van der Waals surface area contributed by atoms with Gasteiger partial charge in [0.15, 0.2) is 0 Å². The Labute approximate surface area is 212 Å². The number of terminal acetylenes is 1. The smallest absolute Gasteiger partial charge is 0.126 e. The minimum absolute atomic E-state index is 0.123. The molecule has 0 saturated carbocycles. The second kappa shape index (κ2) is 13.8. The largest absolute Gasteiger partial charge is 0.507 e. The van der Waals surface area contributed by atoms with Crippen molar-refractivity contribution >= 4 is 0 Å². The third-order valence-corrected chi connectivity index (χ3v) is 5.92. The summed E-state index contributed by atoms with van der Waals surface area (Å²) in [5.41, 5.74) is 3.89. The van der Waals surface area contributed by atoms with Gasteiger partial charge in [-0.2, -0.15) is 0 Å². The summed E-state index contributed by atoms with van der Waals surface area (Å²) in [5, 5.41) is 10.9. The van der Waals surface area contributed by atoms with Gasteiger partial charge in [-0.05, 0) is 23.3 Å². The molecule has 1 aliphatic heterocycles. The molecular formula is C30H32O6. The zero-order valence-electron chi connectivity index (χ0n) is 20.3. The summed E-state index contributed by atoms with van der Waals surface area (Å²) in [6.07, 6.45) is 5.14. The average Bonchev–Trinajstić information content (AvgIpc) is 2.92. The van der Waals surface area contributed by atoms with Crippen LogP contribution in [0.5, 0.6) is 5.75 Å². The standard InChI is InChI=1S/C30H32O6/c1-2-23-17-26-19-33-21-28(24-9-5-3-6-10-24)35-15-13-32-14-16-36-29(25-11-7-4-8-12-25)22-34-20-27(18-23)30(26)31/h1,3-12,17-18,28-29,31H,13-16,19-22H2/t28-,29-/m1/s1. The normalized spacial score (nSPS) is 20.5. The van der Waals surface area contributed by atoms with Crippen molar-refractivity contribution in [1.82, 2.24) is 0 Å². The first kappa shape index (κ1) is 25.9. The van der Waals surface area contributed by atoms with E-state index >= 15 is 0 Å². The van der Waals surface area contributed by atoms with E-state index in [1.54, 1.807) is 12.1 Å². The van der Waals surface area contributed by atoms with Gasteiger partial charge in [0.25, 0.3) is 0 Å². The Morgan fingerprint density at radius 3 is 1.58 bits per heavy atom. The van der Waals surface area contributed by atoms with Crippen LogP contribution in [0.1, 0.15) is 40.0 Å². The van der Waals surface area contributed by atoms with Crippen LogP contribution < -0.4 is 0 Å². The number of ether oxygens (including phenoxy) is 5. The Bertz CT molecular complexity index is 1030. The molecule has 0 amide bonds. The molecule has 2 atom stereocenters. The molecule has 3 aromatic rings. The van der Waals surface area contributed by atoms with Crippen LogP contribution in [0, 0.1) is 12.3 Å². The molecule has 0 radical (unpaired) electrons. The molecule has 0 saturated heterocycles. The summed E-state index contributed by atoms with van der Waals surface area (Å²) >= 11 is 0. The van der Waals surface area contributed by atoms with Crippen LogP contribution in [0.3, 0.4) is 0 Å². The summed E-state index contributed by atoms with van der Waals surface area (Å²) in [4.78, 5) is 0. The third kappa shape index (κ3) is 7.41. The number of hydrogen-bond acceptors (Lipinski definition) is 6. The van der Waals surface area contributed by atoms with Gasteiger partial charge in [0, 0.05) is 16.7 Å². The fourth-order valence-corrected chi connectivity index (χ4v) is 4.03. The van der Waals surface area contributed by atoms with Crippen molar-refractivity contribution in [2.45, 2.75) is 25.4 Å². The Hall–Kier alpha value is -3.18. The predicted octanol–water partition coefficient (Wildman–Crippen LogP) is 4.95. The summed E-state index contributed by atoms with van der Waals surface area (Å²) in [7, 11) is 0. The van der Waals surface area contributed by atoms with Crippen LogP contribution in [0.2, 0.25) is 0 Å². The zero-order chi connectivity index (χ0) is 25.0. The van der Waals surface area contributed by atoms with E-state index in [0.29, 0.717) is 56.3 Å². The number of phenolic OH excluding ortho intramolecular Hbond substituents is 1. The molecule has 1 aliphatic rings. The molecule has 0 unspecified atom stereocenters. The molecule has 6 heteroatoms. The fourth-order valence-electron chi connectivity index (χ4n) is 4.03. The Morgan fingerprint density at radius 1 is 0.667 bits per heavy atom. The number of aromatic hydroxyl groups is 1. The van der Waals surface area contributed by atoms with Crippen molar-refractivity contribution in [2.75, 3.05) is 39.6 Å². The lowest BCUT2D eigenvalue weighted by Crippen LogP contribution is -2.18. The average molecular weight is 489 g/mol. The summed E-state index contributed by atoms with van der Waals surface area (Å²) in [6.45, 7) is 2.71. The molecule has 188 valence electrons. The van der Waals surface area contributed by atoms with E-state index in [1.165, 1.54) is 0 Å². The molecular weight excluding hydrogens is 456 g/mol. The first-order chi connectivity index (χ1) is 17.7. The first-order valence-corrected chi connectivity index (χ1v) is 12.1. The van der Waals surface area contributed by atoms with Gasteiger partial charge >= 0.3 is 0 Å². The summed E-state index contributed by atoms with van der Waals surface area (Å²) < 4.78 is 29.9. The van der Waals surface area contributed by atoms with Gasteiger partial charge in [0.1, 0.15) is 18.0 Å². The number of phenols is 1. The zero-order valence-corrected chi connectivity index (χ0v) is 20.3. The van der Waals surface area contributed by atoms with E-state index in [2.05, 4.69) is 5.92 Å². The third-order valence-electron chi connectivity index (χ3n) is 5.92. The van der Waals surface area contributed by atoms with Crippen molar-refractivity contribution in [1.29, 1.82) is 0 Å². The van der Waals surface area contributed by atoms with Crippen LogP contribution in [0.15, 0.2) is 72.8 Å². The van der Waals surface area contributed by atoms with Gasteiger partial charge in [-0.3, -0.25) is 0 Å². The van der Waals surface area contributed by atoms with Crippen molar-refractivity contribution in [3.63, 3.8) is 0 Å². The molecule has 0 aliphatic carbocycles. The van der Waals surface area contributed by atoms with E-state index in [1.807, 2.05) is 60.7 Å². The highest BCUT2D eigenvalue weighted by Crippen LogP contribution is 2.28. The predicted molar refractivity (Wildman–Crippen MR) is 136 cm³/mol. The quantitative estimate of drug-likeness (QED) is 0.515. The Balaban J connectivity index is 1.53. The maximum Gasteiger partial charge on any atom is 0.126 e. The highest BCUT2D eigenvalue weighted by Gasteiger charge is 2.17. The second-order valence-electron chi connectivity index (χ2n) is 8.47. The van der Waals surface area contributed by atoms with Crippen molar-refractivity contribution < 1.29 is 28.8 Å². The number of benzene rings is 3. The minimum Gasteiger partial charge on any atom is -0.507 e. The van der Waals surface area contributed by atoms with Crippen molar-refractivity contribution in [2.24, 2.45) is 0 Å². The van der Waals surface area contributed by atoms with E-state index in [4.69, 9.17) is 30.1 Å². The van der Waals surface area contributed by atoms with Gasteiger partial charge in [0.05, 0.1) is 52.9 Å². The highest BCUT2D eigenvalue weighted by atomic mass is 16.6. The maximum atomic E-state index is 10.9. The molecule has 3 aromatic carbocycles. The number of hydrogen-bond donors (Lipinski definition) is 1. The topological polar surface area (TPSA) is 66.4 Å². The van der Waals surface area contributed by atoms with Crippen LogP contribution in [-0.2, 0) is 36.9 Å². The lowest BCUT2D eigenvalue weighted by molar-refractivity contribution is -0.0646. The lowest BCUT2D eigenvalue weighted by atomic mass is 10.0. The van der Waals surface area contributed by atoms with Gasteiger partial charge in [-0.1, -0.05) is 66.6 Å². The monoisotopic (exact) mass is 488 g/mol. The molecule has 1 N–H and O–H groups in total. The molecule has 1 heterocycles. The molecule has 36 heavy (non-hydrogen) atoms. The Morgan fingerprint density at radius 2 is 1.14 bits per heavy atom. The van der Waals surface area contributed by atoms with Gasteiger partial charge in [-0.25, -0.2) is 0 Å². The van der Waals surface area contributed by atoms with E-state index in [9.17, 15) is 5.11 Å². The van der Waals surface area contributed by atoms with E-state index in [0.717, 1.165) is 11.1 Å². The molecule has 6 nitrogen and oxygen atoms in total. The maximum absolute atomic E-state index is 10.9. The first-order valence-electron chi connectivity index (χ1n) is 12.1. The lowest BCUT2D eigenvalue weighted by Gasteiger charge is -2.21. The molecule has 4 rings (SSSR count). The SMILES string of the molecule is C#Cc1cc2c(O)c(c1)COC[C@H](c1ccccc1)OCCOCCO[C@@H](c1ccccc1)COC2. The molecule has 0 fully saturated rings. The number of fused-ring (bicyclic) bond motifs is 2. The van der Waals surface area contributed by atoms with Crippen LogP contribution in [-0.4, -0.2) is 44.7 Å². The fraction of sp³-hybridized carbons (Fsp3) is 0.333. The van der Waals surface area contributed by atoms with Gasteiger partial charge in [-0.15, -0.1) is 6.42 Å².